The number of halogens is 6. The van der Waals surface area contributed by atoms with Crippen LogP contribution in [-0.4, -0.2) is 109 Å². The Morgan fingerprint density at radius 3 is 0.812 bits per heavy atom. The number of nitrogens with zero attached hydrogens (tertiary/aromatic N) is 8. The first-order valence-corrected chi connectivity index (χ1v) is 46.4. The summed E-state index contributed by atoms with van der Waals surface area (Å²) < 4.78 is 73.9. The Labute approximate surface area is 799 Å². The fraction of sp³-hybridized carbons (Fsp3) is 0.333. The van der Waals surface area contributed by atoms with Crippen molar-refractivity contribution in [2.75, 3.05) is 21.3 Å². The highest BCUT2D eigenvalue weighted by Gasteiger charge is 2.55. The summed E-state index contributed by atoms with van der Waals surface area (Å²) in [5.41, 5.74) is 8.62. The van der Waals surface area contributed by atoms with Crippen LogP contribution in [0.25, 0.3) is 0 Å². The zero-order valence-corrected chi connectivity index (χ0v) is 78.8. The molecule has 0 bridgehead atoms. The molecule has 0 radical (unpaired) electrons. The van der Waals surface area contributed by atoms with E-state index >= 15 is 0 Å². The first-order valence-electron chi connectivity index (χ1n) is 45.6. The number of aromatic nitrogens is 8. The van der Waals surface area contributed by atoms with Crippen molar-refractivity contribution in [3.63, 3.8) is 0 Å². The Morgan fingerprint density at radius 2 is 0.572 bits per heavy atom. The number of fused-ring (bicyclic) bond motifs is 4. The molecular formula is C102H98Cl2F4N16O14. The van der Waals surface area contributed by atoms with Gasteiger partial charge >= 0.3 is 0 Å². The summed E-state index contributed by atoms with van der Waals surface area (Å²) in [5.74, 6) is -9.22. The van der Waals surface area contributed by atoms with Crippen LogP contribution in [0.15, 0.2) is 130 Å². The van der Waals surface area contributed by atoms with E-state index in [1.807, 2.05) is 95.8 Å². The summed E-state index contributed by atoms with van der Waals surface area (Å²) in [5, 5.41) is 38.9. The van der Waals surface area contributed by atoms with E-state index in [4.69, 9.17) is 32.0 Å². The molecule has 4 aliphatic heterocycles. The lowest BCUT2D eigenvalue weighted by atomic mass is 10.0. The van der Waals surface area contributed by atoms with Gasteiger partial charge in [0.25, 0.3) is 70.4 Å². The summed E-state index contributed by atoms with van der Waals surface area (Å²) in [7, 11) is 0. The molecule has 36 heteroatoms. The van der Waals surface area contributed by atoms with Gasteiger partial charge in [0, 0.05) is 107 Å². The Balaban J connectivity index is 0.000000127. The number of benzene rings is 6. The van der Waals surface area contributed by atoms with E-state index in [0.717, 1.165) is 97.2 Å². The van der Waals surface area contributed by atoms with Gasteiger partial charge in [-0.3, -0.25) is 57.5 Å². The number of hydrogen-bond donors (Lipinski definition) is 8. The standard InChI is InChI=1S/C27H26ClN3O3.C27H25F2N3O3.C24H24ClN5O4.C24H23F2N5O4/c1-16-10-11-19(15-20(16)28)29-25(33)23-17(2)22(21-9-6-14-31(21)23)24(32)26(34)30-27(12-13-27)18-7-4-3-5-8-18;1-15-19(28)13-18(14-20(15)29)30-25(34)23-16(2)22(21-9-6-12-32(21)23)24(33)26(35)31-27(10-11-27)17-7-4-3-5-8-17;1-12-6-7-15(11-16(12)25)26-21(32)19-13(2)18(17-5-4-10-30(17)19)20(31)22(33)27-24(8-9-24)23-29-28-14(3)34-23;1-11-15(25)9-14(10-16(11)26)27-21(33)19-12(2)18(17-5-4-8-31(17)19)20(32)22(34)28-24(6-7-24)23-30-29-13(3)35-23/h3-5,7-8,10-11,15H,6,9,12-14H2,1-2H3,(H,29,33)(H,30,34);3-5,7-8,13-14H,6,9-12H2,1-2H3,(H,30,34)(H,31,35);6-7,11H,4-5,8-10H2,1-3H3,(H,26,32)(H,27,33);9-10H,4-8H2,1-3H3,(H,27,33)(H,28,34). The van der Waals surface area contributed by atoms with Gasteiger partial charge in [-0.2, -0.15) is 0 Å². The molecule has 10 heterocycles. The highest BCUT2D eigenvalue weighted by molar-refractivity contribution is 6.46. The van der Waals surface area contributed by atoms with E-state index in [1.54, 1.807) is 74.9 Å². The predicted octanol–water partition coefficient (Wildman–Crippen LogP) is 16.4. The van der Waals surface area contributed by atoms with Crippen LogP contribution in [0.4, 0.5) is 40.3 Å². The van der Waals surface area contributed by atoms with Gasteiger partial charge in [0.1, 0.15) is 57.1 Å². The maximum Gasteiger partial charge on any atom is 0.293 e. The molecule has 138 heavy (non-hydrogen) atoms. The summed E-state index contributed by atoms with van der Waals surface area (Å²) in [6, 6.07) is 34.1. The fourth-order valence-electron chi connectivity index (χ4n) is 19.1. The highest BCUT2D eigenvalue weighted by atomic mass is 35.5. The molecule has 6 aromatic heterocycles. The Hall–Kier alpha value is -14.5. The second-order valence-electron chi connectivity index (χ2n) is 36.5. The van der Waals surface area contributed by atoms with E-state index in [2.05, 4.69) is 62.9 Å². The first-order chi connectivity index (χ1) is 65.8. The molecular weight excluding hydrogens is 1820 g/mol. The highest BCUT2D eigenvalue weighted by Crippen LogP contribution is 2.50. The Bertz CT molecular complexity index is 7080. The number of nitrogens with one attached hydrogen (secondary N) is 8. The van der Waals surface area contributed by atoms with E-state index in [0.29, 0.717) is 185 Å². The molecule has 8 aliphatic rings. The van der Waals surface area contributed by atoms with Crippen LogP contribution in [-0.2, 0) is 93.2 Å². The van der Waals surface area contributed by atoms with Crippen molar-refractivity contribution >= 4 is 116 Å². The largest absolute Gasteiger partial charge is 0.423 e. The topological polar surface area (TPSA) is 399 Å². The number of aryl methyl sites for hydroxylation is 4. The lowest BCUT2D eigenvalue weighted by Gasteiger charge is -2.17. The minimum Gasteiger partial charge on any atom is -0.423 e. The minimum atomic E-state index is -0.857. The predicted molar refractivity (Wildman–Crippen MR) is 501 cm³/mol. The Kier molecular flexibility index (Phi) is 25.9. The van der Waals surface area contributed by atoms with E-state index in [9.17, 15) is 75.1 Å². The van der Waals surface area contributed by atoms with Gasteiger partial charge < -0.3 is 69.6 Å². The van der Waals surface area contributed by atoms with Crippen LogP contribution in [0.1, 0.15) is 262 Å². The van der Waals surface area contributed by atoms with E-state index in [-0.39, 0.29) is 62.7 Å². The van der Waals surface area contributed by atoms with Crippen molar-refractivity contribution in [2.45, 2.75) is 220 Å². The van der Waals surface area contributed by atoms with Gasteiger partial charge in [-0.15, -0.1) is 20.4 Å². The van der Waals surface area contributed by atoms with Gasteiger partial charge in [0.15, 0.2) is 0 Å². The summed E-state index contributed by atoms with van der Waals surface area (Å²) >= 11 is 12.4. The van der Waals surface area contributed by atoms with Gasteiger partial charge in [-0.05, 0) is 251 Å². The molecule has 712 valence electrons. The van der Waals surface area contributed by atoms with Crippen LogP contribution >= 0.6 is 23.2 Å². The quantitative estimate of drug-likeness (QED) is 0.0158. The van der Waals surface area contributed by atoms with Crippen LogP contribution in [0.5, 0.6) is 0 Å². The lowest BCUT2D eigenvalue weighted by molar-refractivity contribution is -0.118. The van der Waals surface area contributed by atoms with Crippen molar-refractivity contribution in [1.82, 2.24) is 59.9 Å². The summed E-state index contributed by atoms with van der Waals surface area (Å²) in [6.45, 7) is 18.6. The molecule has 0 spiro atoms. The first kappa shape index (κ1) is 95.2. The third-order valence-electron chi connectivity index (χ3n) is 27.1. The molecule has 30 nitrogen and oxygen atoms in total. The fourth-order valence-corrected chi connectivity index (χ4v) is 19.5. The van der Waals surface area contributed by atoms with E-state index in [1.165, 1.54) is 13.8 Å². The second kappa shape index (κ2) is 37.5. The van der Waals surface area contributed by atoms with Crippen molar-refractivity contribution in [2.24, 2.45) is 0 Å². The molecule has 4 fully saturated rings. The zero-order valence-electron chi connectivity index (χ0n) is 77.3. The number of carbonyl (C=O) groups excluding carboxylic acids is 12. The van der Waals surface area contributed by atoms with Crippen LogP contribution in [0.2, 0.25) is 10.0 Å². The second-order valence-corrected chi connectivity index (χ2v) is 37.3. The van der Waals surface area contributed by atoms with Gasteiger partial charge in [0.2, 0.25) is 23.6 Å². The molecule has 4 saturated carbocycles. The van der Waals surface area contributed by atoms with Crippen molar-refractivity contribution in [3.8, 4) is 0 Å². The molecule has 0 unspecified atom stereocenters. The SMILES string of the molecule is Cc1c(F)cc(NC(=O)c2c(C)c(C(=O)C(=O)NC3(c4ccccc4)CC3)c3n2CCC3)cc1F.Cc1ccc(NC(=O)c2c(C)c(C(=O)C(=O)NC3(c4ccccc4)CC3)c3n2CCC3)cc1Cl.Cc1nnc(C2(NC(=O)C(=O)c3c(C)c(C(=O)Nc4cc(F)c(C)c(F)c4)n4c3CCC4)CC2)o1.Cc1nnc(C2(NC(=O)C(=O)c3c(C)c(C(=O)Nc4ccc(C)c(Cl)c4)n4c3CCC4)CC2)o1. The normalized spacial score (nSPS) is 15.5. The van der Waals surface area contributed by atoms with Gasteiger partial charge in [-0.25, -0.2) is 17.6 Å². The third kappa shape index (κ3) is 18.4. The molecule has 12 aromatic rings. The smallest absolute Gasteiger partial charge is 0.293 e. The van der Waals surface area contributed by atoms with E-state index < -0.39 is 104 Å². The van der Waals surface area contributed by atoms with Crippen LogP contribution < -0.4 is 42.5 Å². The van der Waals surface area contributed by atoms with Crippen molar-refractivity contribution < 1.29 is 83.9 Å². The maximum atomic E-state index is 14.0. The van der Waals surface area contributed by atoms with Crippen molar-refractivity contribution in [3.05, 3.63) is 302 Å². The van der Waals surface area contributed by atoms with Crippen LogP contribution in [0, 0.1) is 92.5 Å². The summed E-state index contributed by atoms with van der Waals surface area (Å²) in [4.78, 5) is 158. The number of hydrogen-bond acceptors (Lipinski definition) is 18. The minimum absolute atomic E-state index is 0.0206. The maximum absolute atomic E-state index is 14.0. The lowest BCUT2D eigenvalue weighted by Crippen LogP contribution is -2.40. The van der Waals surface area contributed by atoms with Gasteiger partial charge in [0.05, 0.1) is 33.3 Å². The average molecular weight is 1920 g/mol. The Morgan fingerprint density at radius 1 is 0.319 bits per heavy atom. The number of amides is 8. The molecule has 0 atom stereocenters. The van der Waals surface area contributed by atoms with Crippen molar-refractivity contribution in [1.29, 1.82) is 0 Å². The van der Waals surface area contributed by atoms with Gasteiger partial charge in [-0.1, -0.05) is 96.0 Å². The molecule has 20 rings (SSSR count). The number of rotatable bonds is 24. The monoisotopic (exact) mass is 1920 g/mol. The number of anilines is 4. The summed E-state index contributed by atoms with van der Waals surface area (Å²) in [6.07, 6.45) is 10.8. The zero-order chi connectivity index (χ0) is 98.2. The molecule has 0 saturated heterocycles. The number of carbonyl (C=O) groups is 12. The average Bonchev–Trinajstić information content (AvgIpc) is 1.59. The molecule has 8 N–H and O–H groups in total. The molecule has 6 aromatic carbocycles. The third-order valence-corrected chi connectivity index (χ3v) is 27.9. The molecule has 8 amide bonds. The molecule has 4 aliphatic carbocycles. The van der Waals surface area contributed by atoms with Crippen LogP contribution in [0.3, 0.4) is 0 Å². The number of ketones is 4. The number of Topliss-reactive ketones (excluding diaryl/α,β-unsaturated/α-hetero) is 4.